The summed E-state index contributed by atoms with van der Waals surface area (Å²) < 4.78 is 14.9. The summed E-state index contributed by atoms with van der Waals surface area (Å²) in [4.78, 5) is 21.1. The third-order valence-electron chi connectivity index (χ3n) is 5.07. The van der Waals surface area contributed by atoms with Crippen LogP contribution >= 0.6 is 24.0 Å². The Morgan fingerprint density at radius 3 is 2.47 bits per heavy atom. The van der Waals surface area contributed by atoms with Crippen molar-refractivity contribution in [3.05, 3.63) is 64.8 Å². The molecular formula is C22H31FIN5O. The minimum Gasteiger partial charge on any atom is -0.368 e. The summed E-state index contributed by atoms with van der Waals surface area (Å²) in [5.41, 5.74) is 1.10. The molecule has 1 fully saturated rings. The predicted octanol–water partition coefficient (Wildman–Crippen LogP) is 3.17. The lowest BCUT2D eigenvalue weighted by atomic mass is 10.2. The summed E-state index contributed by atoms with van der Waals surface area (Å²) in [6.07, 6.45) is 3.69. The molecule has 1 aromatic heterocycles. The maximum atomic E-state index is 13.1. The molecule has 1 aromatic carbocycles. The Morgan fingerprint density at radius 1 is 1.07 bits per heavy atom. The van der Waals surface area contributed by atoms with Crippen molar-refractivity contribution in [1.29, 1.82) is 0 Å². The molecule has 0 atom stereocenters. The fourth-order valence-electron chi connectivity index (χ4n) is 3.48. The first-order chi connectivity index (χ1) is 14.2. The topological polar surface area (TPSA) is 52.9 Å². The largest absolute Gasteiger partial charge is 0.368 e. The van der Waals surface area contributed by atoms with E-state index in [4.69, 9.17) is 4.99 Å². The number of rotatable bonds is 7. The Balaban J connectivity index is 0.00000320. The predicted molar refractivity (Wildman–Crippen MR) is 132 cm³/mol. The zero-order valence-electron chi connectivity index (χ0n) is 17.5. The number of anilines is 1. The highest BCUT2D eigenvalue weighted by Crippen LogP contribution is 2.17. The van der Waals surface area contributed by atoms with Crippen LogP contribution in [0.15, 0.2) is 58.4 Å². The molecule has 1 N–H and O–H groups in total. The van der Waals surface area contributed by atoms with Crippen LogP contribution in [0.5, 0.6) is 0 Å². The van der Waals surface area contributed by atoms with Crippen molar-refractivity contribution in [3.8, 4) is 0 Å². The molecule has 3 rings (SSSR count). The first-order valence-electron chi connectivity index (χ1n) is 10.4. The molecule has 0 bridgehead atoms. The fourth-order valence-corrected chi connectivity index (χ4v) is 3.48. The lowest BCUT2D eigenvalue weighted by Gasteiger charge is -2.37. The van der Waals surface area contributed by atoms with E-state index < -0.39 is 0 Å². The summed E-state index contributed by atoms with van der Waals surface area (Å²) in [6, 6.07) is 11.9. The Hall–Kier alpha value is -2.10. The molecule has 2 heterocycles. The number of guanidine groups is 1. The van der Waals surface area contributed by atoms with Gasteiger partial charge in [0.2, 0.25) is 5.56 Å². The van der Waals surface area contributed by atoms with Crippen molar-refractivity contribution in [3.63, 3.8) is 0 Å². The summed E-state index contributed by atoms with van der Waals surface area (Å²) in [5, 5.41) is 3.38. The third kappa shape index (κ3) is 7.00. The maximum absolute atomic E-state index is 13.1. The van der Waals surface area contributed by atoms with Crippen molar-refractivity contribution in [1.82, 2.24) is 14.8 Å². The van der Waals surface area contributed by atoms with Crippen LogP contribution in [0, 0.1) is 5.82 Å². The van der Waals surface area contributed by atoms with E-state index in [-0.39, 0.29) is 35.4 Å². The van der Waals surface area contributed by atoms with Gasteiger partial charge in [-0.25, -0.2) is 4.39 Å². The van der Waals surface area contributed by atoms with E-state index in [9.17, 15) is 9.18 Å². The van der Waals surface area contributed by atoms with E-state index in [1.54, 1.807) is 16.7 Å². The van der Waals surface area contributed by atoms with E-state index in [0.29, 0.717) is 0 Å². The smallest absolute Gasteiger partial charge is 0.250 e. The SMILES string of the molecule is CCNC(=NCCCCn1ccccc1=O)N1CCN(c2ccc(F)cc2)CC1.I. The average molecular weight is 527 g/mol. The van der Waals surface area contributed by atoms with Gasteiger partial charge in [-0.1, -0.05) is 6.07 Å². The van der Waals surface area contributed by atoms with Gasteiger partial charge in [0.1, 0.15) is 5.82 Å². The highest BCUT2D eigenvalue weighted by molar-refractivity contribution is 14.0. The number of aryl methyl sites for hydroxylation is 1. The number of nitrogens with zero attached hydrogens (tertiary/aromatic N) is 4. The van der Waals surface area contributed by atoms with Crippen molar-refractivity contribution in [2.24, 2.45) is 4.99 Å². The molecule has 8 heteroatoms. The second-order valence-electron chi connectivity index (χ2n) is 7.13. The standard InChI is InChI=1S/C22H30FN5O.HI/c1-2-24-22(25-12-4-6-14-27-13-5-3-7-21(27)29)28-17-15-26(16-18-28)20-10-8-19(23)9-11-20;/h3,5,7-11,13H,2,4,6,12,14-18H2,1H3,(H,24,25);1H. The van der Waals surface area contributed by atoms with E-state index in [0.717, 1.165) is 70.3 Å². The molecule has 0 saturated carbocycles. The second kappa shape index (κ2) is 12.6. The van der Waals surface area contributed by atoms with Crippen LogP contribution in [0.25, 0.3) is 0 Å². The first kappa shape index (κ1) is 24.2. The molecule has 30 heavy (non-hydrogen) atoms. The Morgan fingerprint density at radius 2 is 1.80 bits per heavy atom. The zero-order valence-corrected chi connectivity index (χ0v) is 19.8. The maximum Gasteiger partial charge on any atom is 0.250 e. The number of pyridine rings is 1. The summed E-state index contributed by atoms with van der Waals surface area (Å²) in [7, 11) is 0. The van der Waals surface area contributed by atoms with Crippen LogP contribution in [-0.4, -0.2) is 54.7 Å². The second-order valence-corrected chi connectivity index (χ2v) is 7.13. The number of aliphatic imine (C=N–C) groups is 1. The van der Waals surface area contributed by atoms with Crippen molar-refractivity contribution in [2.75, 3.05) is 44.2 Å². The number of piperazine rings is 1. The van der Waals surface area contributed by atoms with Gasteiger partial charge in [-0.15, -0.1) is 24.0 Å². The van der Waals surface area contributed by atoms with Gasteiger partial charge in [-0.05, 0) is 50.1 Å². The molecule has 0 amide bonds. The highest BCUT2D eigenvalue weighted by atomic mass is 127. The summed E-state index contributed by atoms with van der Waals surface area (Å²) in [5.74, 6) is 0.745. The number of hydrogen-bond acceptors (Lipinski definition) is 3. The molecule has 164 valence electrons. The minimum absolute atomic E-state index is 0. The minimum atomic E-state index is -0.203. The molecule has 0 aliphatic carbocycles. The first-order valence-corrected chi connectivity index (χ1v) is 10.4. The third-order valence-corrected chi connectivity index (χ3v) is 5.07. The van der Waals surface area contributed by atoms with E-state index in [1.165, 1.54) is 12.1 Å². The van der Waals surface area contributed by atoms with Crippen LogP contribution in [-0.2, 0) is 6.54 Å². The van der Waals surface area contributed by atoms with E-state index in [1.807, 2.05) is 24.4 Å². The Labute approximate surface area is 194 Å². The number of aromatic nitrogens is 1. The average Bonchev–Trinajstić information content (AvgIpc) is 2.75. The van der Waals surface area contributed by atoms with Crippen LogP contribution in [0.4, 0.5) is 10.1 Å². The molecule has 6 nitrogen and oxygen atoms in total. The van der Waals surface area contributed by atoms with Crippen molar-refractivity contribution < 1.29 is 4.39 Å². The monoisotopic (exact) mass is 527 g/mol. The highest BCUT2D eigenvalue weighted by Gasteiger charge is 2.19. The summed E-state index contributed by atoms with van der Waals surface area (Å²) >= 11 is 0. The molecule has 0 spiro atoms. The lowest BCUT2D eigenvalue weighted by Crippen LogP contribution is -2.52. The zero-order chi connectivity index (χ0) is 20.5. The number of halogens is 2. The van der Waals surface area contributed by atoms with Crippen molar-refractivity contribution >= 4 is 35.6 Å². The molecular weight excluding hydrogens is 496 g/mol. The van der Waals surface area contributed by atoms with Gasteiger partial charge < -0.3 is 19.7 Å². The Kier molecular flexibility index (Phi) is 10.1. The van der Waals surface area contributed by atoms with Gasteiger partial charge in [-0.2, -0.15) is 0 Å². The van der Waals surface area contributed by atoms with Gasteiger partial charge >= 0.3 is 0 Å². The number of unbranched alkanes of at least 4 members (excludes halogenated alkanes) is 1. The van der Waals surface area contributed by atoms with Gasteiger partial charge in [-0.3, -0.25) is 9.79 Å². The molecule has 2 aromatic rings. The van der Waals surface area contributed by atoms with E-state index in [2.05, 4.69) is 22.0 Å². The summed E-state index contributed by atoms with van der Waals surface area (Å²) in [6.45, 7) is 7.89. The van der Waals surface area contributed by atoms with E-state index >= 15 is 0 Å². The van der Waals surface area contributed by atoms with Crippen LogP contribution < -0.4 is 15.8 Å². The number of hydrogen-bond donors (Lipinski definition) is 1. The molecule has 1 saturated heterocycles. The van der Waals surface area contributed by atoms with Gasteiger partial charge in [0, 0.05) is 63.8 Å². The molecule has 1 aliphatic rings. The van der Waals surface area contributed by atoms with Gasteiger partial charge in [0.25, 0.3) is 0 Å². The lowest BCUT2D eigenvalue weighted by molar-refractivity contribution is 0.372. The van der Waals surface area contributed by atoms with Gasteiger partial charge in [0.05, 0.1) is 0 Å². The fraction of sp³-hybridized carbons (Fsp3) is 0.455. The molecule has 1 aliphatic heterocycles. The number of benzene rings is 1. The van der Waals surface area contributed by atoms with Gasteiger partial charge in [0.15, 0.2) is 5.96 Å². The van der Waals surface area contributed by atoms with Crippen molar-refractivity contribution in [2.45, 2.75) is 26.3 Å². The van der Waals surface area contributed by atoms with Crippen LogP contribution in [0.2, 0.25) is 0 Å². The van der Waals surface area contributed by atoms with Crippen LogP contribution in [0.3, 0.4) is 0 Å². The number of nitrogens with one attached hydrogen (secondary N) is 1. The molecule has 0 unspecified atom stereocenters. The molecule has 0 radical (unpaired) electrons. The van der Waals surface area contributed by atoms with Crippen LogP contribution in [0.1, 0.15) is 19.8 Å². The Bertz CT molecular complexity index is 847. The normalized spacial score (nSPS) is 14.4. The quantitative estimate of drug-likeness (QED) is 0.260.